The summed E-state index contributed by atoms with van der Waals surface area (Å²) < 4.78 is 18.6. The molecule has 4 aromatic rings. The highest BCUT2D eigenvalue weighted by molar-refractivity contribution is 6.30. The summed E-state index contributed by atoms with van der Waals surface area (Å²) in [4.78, 5) is 12.0. The SMILES string of the molecule is COC(=O)Cc1cn(Cc2ccccc2)c2ccc(OCCOc3cccc(Cl)c3)cc12. The summed E-state index contributed by atoms with van der Waals surface area (Å²) in [5.41, 5.74) is 3.13. The number of esters is 1. The van der Waals surface area contributed by atoms with E-state index in [9.17, 15) is 4.79 Å². The average molecular weight is 450 g/mol. The van der Waals surface area contributed by atoms with Crippen molar-refractivity contribution in [2.45, 2.75) is 13.0 Å². The summed E-state index contributed by atoms with van der Waals surface area (Å²) in [6.45, 7) is 1.49. The quantitative estimate of drug-likeness (QED) is 0.249. The first kappa shape index (κ1) is 21.8. The van der Waals surface area contributed by atoms with Crippen molar-refractivity contribution in [3.05, 3.63) is 95.1 Å². The molecule has 1 aromatic heterocycles. The van der Waals surface area contributed by atoms with Gasteiger partial charge in [0.1, 0.15) is 24.7 Å². The minimum atomic E-state index is -0.273. The first-order valence-electron chi connectivity index (χ1n) is 10.4. The topological polar surface area (TPSA) is 49.7 Å². The van der Waals surface area contributed by atoms with Gasteiger partial charge in [0, 0.05) is 28.7 Å². The van der Waals surface area contributed by atoms with Crippen molar-refractivity contribution in [3.8, 4) is 11.5 Å². The molecule has 0 unspecified atom stereocenters. The zero-order valence-corrected chi connectivity index (χ0v) is 18.5. The van der Waals surface area contributed by atoms with Gasteiger partial charge in [-0.05, 0) is 47.5 Å². The molecular weight excluding hydrogens is 426 g/mol. The number of fused-ring (bicyclic) bond motifs is 1. The van der Waals surface area contributed by atoms with Gasteiger partial charge in [-0.25, -0.2) is 0 Å². The molecule has 3 aromatic carbocycles. The van der Waals surface area contributed by atoms with Gasteiger partial charge in [0.2, 0.25) is 0 Å². The monoisotopic (exact) mass is 449 g/mol. The molecule has 0 bridgehead atoms. The predicted octanol–water partition coefficient (Wildman–Crippen LogP) is 5.52. The maximum absolute atomic E-state index is 12.0. The summed E-state index contributed by atoms with van der Waals surface area (Å²) in [6.07, 6.45) is 2.22. The third-order valence-corrected chi connectivity index (χ3v) is 5.35. The maximum atomic E-state index is 12.0. The summed E-state index contributed by atoms with van der Waals surface area (Å²) in [6, 6.07) is 23.4. The van der Waals surface area contributed by atoms with Crippen molar-refractivity contribution in [3.63, 3.8) is 0 Å². The summed E-state index contributed by atoms with van der Waals surface area (Å²) in [5, 5.41) is 1.60. The van der Waals surface area contributed by atoms with Gasteiger partial charge in [-0.15, -0.1) is 0 Å². The van der Waals surface area contributed by atoms with Gasteiger partial charge in [0.25, 0.3) is 0 Å². The number of hydrogen-bond acceptors (Lipinski definition) is 4. The molecule has 0 aliphatic heterocycles. The van der Waals surface area contributed by atoms with Crippen LogP contribution in [0.15, 0.2) is 79.0 Å². The van der Waals surface area contributed by atoms with Crippen LogP contribution in [0.1, 0.15) is 11.1 Å². The van der Waals surface area contributed by atoms with Gasteiger partial charge in [-0.1, -0.05) is 48.0 Å². The van der Waals surface area contributed by atoms with Crippen molar-refractivity contribution in [1.29, 1.82) is 0 Å². The standard InChI is InChI=1S/C26H24ClNO4/c1-30-26(29)14-20-18-28(17-19-6-3-2-4-7-19)25-11-10-23(16-24(20)25)32-13-12-31-22-9-5-8-21(27)15-22/h2-11,15-16,18H,12-14,17H2,1H3. The van der Waals surface area contributed by atoms with Gasteiger partial charge in [-0.2, -0.15) is 0 Å². The Balaban J connectivity index is 1.50. The summed E-state index contributed by atoms with van der Waals surface area (Å²) >= 11 is 5.98. The zero-order chi connectivity index (χ0) is 22.3. The van der Waals surface area contributed by atoms with E-state index in [0.717, 1.165) is 22.2 Å². The van der Waals surface area contributed by atoms with E-state index in [-0.39, 0.29) is 12.4 Å². The van der Waals surface area contributed by atoms with Crippen molar-refractivity contribution in [2.75, 3.05) is 20.3 Å². The minimum Gasteiger partial charge on any atom is -0.490 e. The number of methoxy groups -OCH3 is 1. The molecule has 0 saturated carbocycles. The Morgan fingerprint density at radius 3 is 2.38 bits per heavy atom. The van der Waals surface area contributed by atoms with E-state index in [1.807, 2.05) is 54.7 Å². The third kappa shape index (κ3) is 5.42. The molecule has 164 valence electrons. The molecule has 0 aliphatic rings. The lowest BCUT2D eigenvalue weighted by Gasteiger charge is -2.10. The van der Waals surface area contributed by atoms with E-state index in [2.05, 4.69) is 16.7 Å². The molecule has 0 radical (unpaired) electrons. The molecule has 0 N–H and O–H groups in total. The van der Waals surface area contributed by atoms with Crippen LogP contribution < -0.4 is 9.47 Å². The lowest BCUT2D eigenvalue weighted by atomic mass is 10.1. The van der Waals surface area contributed by atoms with Crippen molar-refractivity contribution >= 4 is 28.5 Å². The van der Waals surface area contributed by atoms with Crippen molar-refractivity contribution in [2.24, 2.45) is 0 Å². The van der Waals surface area contributed by atoms with Gasteiger partial charge >= 0.3 is 5.97 Å². The number of hydrogen-bond donors (Lipinski definition) is 0. The van der Waals surface area contributed by atoms with Crippen LogP contribution in [0, 0.1) is 0 Å². The molecule has 0 spiro atoms. The number of nitrogens with zero attached hydrogens (tertiary/aromatic N) is 1. The average Bonchev–Trinajstić information content (AvgIpc) is 3.13. The van der Waals surface area contributed by atoms with Crippen molar-refractivity contribution < 1.29 is 19.0 Å². The second-order valence-corrected chi connectivity index (χ2v) is 7.79. The minimum absolute atomic E-state index is 0.204. The number of ether oxygens (including phenoxy) is 3. The van der Waals surface area contributed by atoms with Gasteiger partial charge < -0.3 is 18.8 Å². The Kier molecular flexibility index (Phi) is 6.97. The fourth-order valence-electron chi connectivity index (χ4n) is 3.60. The van der Waals surface area contributed by atoms with Crippen molar-refractivity contribution in [1.82, 2.24) is 4.57 Å². The molecule has 0 atom stereocenters. The highest BCUT2D eigenvalue weighted by Crippen LogP contribution is 2.28. The highest BCUT2D eigenvalue weighted by Gasteiger charge is 2.14. The van der Waals surface area contributed by atoms with Crippen LogP contribution in [-0.2, 0) is 22.5 Å². The summed E-state index contributed by atoms with van der Waals surface area (Å²) in [5.74, 6) is 1.15. The number of aromatic nitrogens is 1. The molecule has 0 amide bonds. The fraction of sp³-hybridized carbons (Fsp3) is 0.192. The Morgan fingerprint density at radius 1 is 0.906 bits per heavy atom. The van der Waals surface area contributed by atoms with E-state index in [4.69, 9.17) is 25.8 Å². The highest BCUT2D eigenvalue weighted by atomic mass is 35.5. The number of halogens is 1. The van der Waals surface area contributed by atoms with Gasteiger partial charge in [-0.3, -0.25) is 4.79 Å². The Bertz CT molecular complexity index is 1200. The van der Waals surface area contributed by atoms with Gasteiger partial charge in [0.15, 0.2) is 0 Å². The molecule has 0 saturated heterocycles. The van der Waals surface area contributed by atoms with Crippen LogP contribution in [0.3, 0.4) is 0 Å². The Hall–Kier alpha value is -3.44. The van der Waals surface area contributed by atoms with E-state index < -0.39 is 0 Å². The van der Waals surface area contributed by atoms with E-state index >= 15 is 0 Å². The Labute approximate surface area is 192 Å². The molecule has 32 heavy (non-hydrogen) atoms. The molecular formula is C26H24ClNO4. The summed E-state index contributed by atoms with van der Waals surface area (Å²) in [7, 11) is 1.40. The maximum Gasteiger partial charge on any atom is 0.310 e. The molecule has 0 fully saturated rings. The fourth-order valence-corrected chi connectivity index (χ4v) is 3.78. The second kappa shape index (κ2) is 10.2. The van der Waals surface area contributed by atoms with Crippen LogP contribution in [0.4, 0.5) is 0 Å². The first-order chi connectivity index (χ1) is 15.6. The smallest absolute Gasteiger partial charge is 0.310 e. The lowest BCUT2D eigenvalue weighted by molar-refractivity contribution is -0.139. The zero-order valence-electron chi connectivity index (χ0n) is 17.8. The Morgan fingerprint density at radius 2 is 1.66 bits per heavy atom. The van der Waals surface area contributed by atoms with Crippen LogP contribution in [-0.4, -0.2) is 30.9 Å². The number of carbonyl (C=O) groups excluding carboxylic acids is 1. The molecule has 5 nitrogen and oxygen atoms in total. The normalized spacial score (nSPS) is 10.8. The van der Waals surface area contributed by atoms with E-state index in [1.165, 1.54) is 12.7 Å². The molecule has 4 rings (SSSR count). The predicted molar refractivity (Wildman–Crippen MR) is 126 cm³/mol. The first-order valence-corrected chi connectivity index (χ1v) is 10.7. The second-order valence-electron chi connectivity index (χ2n) is 7.35. The van der Waals surface area contributed by atoms with Crippen LogP contribution in [0.2, 0.25) is 5.02 Å². The van der Waals surface area contributed by atoms with E-state index in [1.54, 1.807) is 12.1 Å². The largest absolute Gasteiger partial charge is 0.490 e. The van der Waals surface area contributed by atoms with Crippen LogP contribution >= 0.6 is 11.6 Å². The molecule has 6 heteroatoms. The number of carbonyl (C=O) groups is 1. The van der Waals surface area contributed by atoms with Gasteiger partial charge in [0.05, 0.1) is 13.5 Å². The lowest BCUT2D eigenvalue weighted by Crippen LogP contribution is -2.09. The van der Waals surface area contributed by atoms with Crippen LogP contribution in [0.5, 0.6) is 11.5 Å². The van der Waals surface area contributed by atoms with Crippen LogP contribution in [0.25, 0.3) is 10.9 Å². The number of benzene rings is 3. The van der Waals surface area contributed by atoms with E-state index in [0.29, 0.717) is 30.5 Å². The third-order valence-electron chi connectivity index (χ3n) is 5.11. The number of rotatable bonds is 9. The molecule has 1 heterocycles. The molecule has 0 aliphatic carbocycles.